The molecular formula is C16H22N2O2. The third-order valence-corrected chi connectivity index (χ3v) is 3.94. The Morgan fingerprint density at radius 2 is 2.00 bits per heavy atom. The molecule has 3 rings (SSSR count). The third-order valence-electron chi connectivity index (χ3n) is 3.94. The number of ether oxygens (including phenoxy) is 1. The molecule has 1 aromatic rings. The van der Waals surface area contributed by atoms with E-state index in [-0.39, 0.29) is 12.5 Å². The second-order valence-corrected chi connectivity index (χ2v) is 5.64. The van der Waals surface area contributed by atoms with Gasteiger partial charge < -0.3 is 15.0 Å². The number of rotatable bonds is 6. The molecule has 0 spiro atoms. The number of nitrogens with zero attached hydrogens (tertiary/aromatic N) is 1. The molecule has 0 atom stereocenters. The van der Waals surface area contributed by atoms with Crippen LogP contribution in [0.25, 0.3) is 0 Å². The molecule has 0 unspecified atom stereocenters. The smallest absolute Gasteiger partial charge is 0.260 e. The van der Waals surface area contributed by atoms with Crippen molar-refractivity contribution in [3.8, 4) is 5.75 Å². The van der Waals surface area contributed by atoms with Gasteiger partial charge in [-0.25, -0.2) is 0 Å². The maximum Gasteiger partial charge on any atom is 0.260 e. The fraction of sp³-hybridized carbons (Fsp3) is 0.562. The Bertz CT molecular complexity index is 465. The lowest BCUT2D eigenvalue weighted by Crippen LogP contribution is -2.32. The van der Waals surface area contributed by atoms with Gasteiger partial charge in [0.2, 0.25) is 0 Å². The van der Waals surface area contributed by atoms with Crippen molar-refractivity contribution in [2.45, 2.75) is 38.3 Å². The summed E-state index contributed by atoms with van der Waals surface area (Å²) >= 11 is 0. The van der Waals surface area contributed by atoms with Crippen molar-refractivity contribution >= 4 is 5.91 Å². The molecular weight excluding hydrogens is 252 g/mol. The summed E-state index contributed by atoms with van der Waals surface area (Å²) in [5.74, 6) is 0.931. The lowest BCUT2D eigenvalue weighted by atomic mass is 10.2. The molecule has 1 aliphatic carbocycles. The molecule has 1 amide bonds. The van der Waals surface area contributed by atoms with E-state index in [1.165, 1.54) is 12.8 Å². The quantitative estimate of drug-likeness (QED) is 0.862. The van der Waals surface area contributed by atoms with Crippen LogP contribution in [0.5, 0.6) is 5.75 Å². The molecule has 1 aromatic carbocycles. The Hall–Kier alpha value is -1.55. The fourth-order valence-corrected chi connectivity index (χ4v) is 2.53. The van der Waals surface area contributed by atoms with Crippen molar-refractivity contribution in [2.24, 2.45) is 0 Å². The van der Waals surface area contributed by atoms with Crippen molar-refractivity contribution in [3.05, 3.63) is 29.8 Å². The van der Waals surface area contributed by atoms with Gasteiger partial charge in [0.15, 0.2) is 6.61 Å². The Kier molecular flexibility index (Phi) is 4.21. The second-order valence-electron chi connectivity index (χ2n) is 5.64. The van der Waals surface area contributed by atoms with Crippen LogP contribution in [-0.2, 0) is 11.3 Å². The summed E-state index contributed by atoms with van der Waals surface area (Å²) in [5, 5.41) is 3.48. The number of carbonyl (C=O) groups is 1. The van der Waals surface area contributed by atoms with E-state index in [0.29, 0.717) is 6.04 Å². The molecule has 108 valence electrons. The first-order valence-electron chi connectivity index (χ1n) is 7.55. The van der Waals surface area contributed by atoms with E-state index in [1.807, 2.05) is 23.1 Å². The number of amides is 1. The zero-order valence-corrected chi connectivity index (χ0v) is 11.8. The van der Waals surface area contributed by atoms with Gasteiger partial charge in [0.1, 0.15) is 5.75 Å². The van der Waals surface area contributed by atoms with Gasteiger partial charge in [-0.1, -0.05) is 18.2 Å². The minimum absolute atomic E-state index is 0.104. The molecule has 1 heterocycles. The van der Waals surface area contributed by atoms with Crippen LogP contribution in [0.1, 0.15) is 31.2 Å². The lowest BCUT2D eigenvalue weighted by Gasteiger charge is -2.17. The van der Waals surface area contributed by atoms with Crippen LogP contribution in [0.2, 0.25) is 0 Å². The fourth-order valence-electron chi connectivity index (χ4n) is 2.53. The average Bonchev–Trinajstić information content (AvgIpc) is 3.14. The molecule has 0 bridgehead atoms. The molecule has 20 heavy (non-hydrogen) atoms. The monoisotopic (exact) mass is 274 g/mol. The van der Waals surface area contributed by atoms with E-state index in [0.717, 1.165) is 43.8 Å². The maximum absolute atomic E-state index is 12.0. The summed E-state index contributed by atoms with van der Waals surface area (Å²) in [6.45, 7) is 2.74. The first-order valence-corrected chi connectivity index (χ1v) is 7.55. The van der Waals surface area contributed by atoms with Crippen molar-refractivity contribution in [2.75, 3.05) is 19.7 Å². The van der Waals surface area contributed by atoms with E-state index in [9.17, 15) is 4.79 Å². The summed E-state index contributed by atoms with van der Waals surface area (Å²) in [4.78, 5) is 13.9. The number of likely N-dealkylation sites (tertiary alicyclic amines) is 1. The Labute approximate surface area is 120 Å². The molecule has 0 radical (unpaired) electrons. The van der Waals surface area contributed by atoms with E-state index in [2.05, 4.69) is 11.4 Å². The molecule has 4 nitrogen and oxygen atoms in total. The highest BCUT2D eigenvalue weighted by Gasteiger charge is 2.21. The number of benzene rings is 1. The SMILES string of the molecule is O=C(COc1ccccc1CNC1CC1)N1CCCC1. The highest BCUT2D eigenvalue weighted by Crippen LogP contribution is 2.22. The Morgan fingerprint density at radius 3 is 2.75 bits per heavy atom. The summed E-state index contributed by atoms with van der Waals surface area (Å²) in [7, 11) is 0. The number of para-hydroxylation sites is 1. The summed E-state index contributed by atoms with van der Waals surface area (Å²) in [6.07, 6.45) is 4.79. The number of hydrogen-bond donors (Lipinski definition) is 1. The van der Waals surface area contributed by atoms with E-state index in [1.54, 1.807) is 0 Å². The van der Waals surface area contributed by atoms with Gasteiger partial charge in [0, 0.05) is 31.2 Å². The highest BCUT2D eigenvalue weighted by atomic mass is 16.5. The van der Waals surface area contributed by atoms with Gasteiger partial charge >= 0.3 is 0 Å². The van der Waals surface area contributed by atoms with Crippen molar-refractivity contribution in [1.82, 2.24) is 10.2 Å². The van der Waals surface area contributed by atoms with Crippen LogP contribution in [-0.4, -0.2) is 36.5 Å². The minimum atomic E-state index is 0.104. The van der Waals surface area contributed by atoms with E-state index < -0.39 is 0 Å². The van der Waals surface area contributed by atoms with Crippen LogP contribution < -0.4 is 10.1 Å². The minimum Gasteiger partial charge on any atom is -0.483 e. The topological polar surface area (TPSA) is 41.6 Å². The maximum atomic E-state index is 12.0. The van der Waals surface area contributed by atoms with E-state index in [4.69, 9.17) is 4.74 Å². The molecule has 1 saturated carbocycles. The molecule has 1 saturated heterocycles. The van der Waals surface area contributed by atoms with Crippen LogP contribution in [0, 0.1) is 0 Å². The van der Waals surface area contributed by atoms with Gasteiger partial charge in [-0.2, -0.15) is 0 Å². The Balaban J connectivity index is 1.54. The predicted octanol–water partition coefficient (Wildman–Crippen LogP) is 1.94. The first-order chi connectivity index (χ1) is 9.83. The number of nitrogens with one attached hydrogen (secondary N) is 1. The zero-order chi connectivity index (χ0) is 13.8. The molecule has 1 aliphatic heterocycles. The van der Waals surface area contributed by atoms with Gasteiger partial charge in [0.05, 0.1) is 0 Å². The largest absolute Gasteiger partial charge is 0.483 e. The van der Waals surface area contributed by atoms with Crippen LogP contribution >= 0.6 is 0 Å². The first kappa shape index (κ1) is 13.4. The molecule has 2 aliphatic rings. The van der Waals surface area contributed by atoms with Gasteiger partial charge in [-0.15, -0.1) is 0 Å². The van der Waals surface area contributed by atoms with Crippen LogP contribution in [0.15, 0.2) is 24.3 Å². The molecule has 0 aromatic heterocycles. The summed E-state index contributed by atoms with van der Waals surface area (Å²) < 4.78 is 5.73. The van der Waals surface area contributed by atoms with Crippen LogP contribution in [0.3, 0.4) is 0 Å². The van der Waals surface area contributed by atoms with Crippen molar-refractivity contribution < 1.29 is 9.53 Å². The lowest BCUT2D eigenvalue weighted by molar-refractivity contribution is -0.132. The van der Waals surface area contributed by atoms with Gasteiger partial charge in [-0.05, 0) is 31.7 Å². The third kappa shape index (κ3) is 3.51. The average molecular weight is 274 g/mol. The van der Waals surface area contributed by atoms with Gasteiger partial charge in [-0.3, -0.25) is 4.79 Å². The standard InChI is InChI=1S/C16H22N2O2/c19-16(18-9-3-4-10-18)12-20-15-6-2-1-5-13(15)11-17-14-7-8-14/h1-2,5-6,14,17H,3-4,7-12H2. The Morgan fingerprint density at radius 1 is 1.25 bits per heavy atom. The summed E-state index contributed by atoms with van der Waals surface area (Å²) in [5.41, 5.74) is 1.13. The van der Waals surface area contributed by atoms with Crippen molar-refractivity contribution in [3.63, 3.8) is 0 Å². The van der Waals surface area contributed by atoms with Gasteiger partial charge in [0.25, 0.3) is 5.91 Å². The number of hydrogen-bond acceptors (Lipinski definition) is 3. The second kappa shape index (κ2) is 6.27. The molecule has 1 N–H and O–H groups in total. The number of carbonyl (C=O) groups excluding carboxylic acids is 1. The van der Waals surface area contributed by atoms with Crippen LogP contribution in [0.4, 0.5) is 0 Å². The highest BCUT2D eigenvalue weighted by molar-refractivity contribution is 5.78. The predicted molar refractivity (Wildman–Crippen MR) is 77.6 cm³/mol. The zero-order valence-electron chi connectivity index (χ0n) is 11.8. The van der Waals surface area contributed by atoms with E-state index >= 15 is 0 Å². The summed E-state index contributed by atoms with van der Waals surface area (Å²) in [6, 6.07) is 8.65. The molecule has 4 heteroatoms. The van der Waals surface area contributed by atoms with Crippen molar-refractivity contribution in [1.29, 1.82) is 0 Å². The normalized spacial score (nSPS) is 18.3. The molecule has 2 fully saturated rings.